The molecule has 0 saturated heterocycles. The van der Waals surface area contributed by atoms with Gasteiger partial charge in [-0.3, -0.25) is 4.79 Å². The number of halogens is 3. The zero-order valence-corrected chi connectivity index (χ0v) is 15.4. The molecule has 1 amide bonds. The molecule has 0 spiro atoms. The van der Waals surface area contributed by atoms with E-state index in [0.717, 1.165) is 30.9 Å². The summed E-state index contributed by atoms with van der Waals surface area (Å²) in [5.74, 6) is 1.05. The molecule has 3 rings (SSSR count). The Morgan fingerprint density at radius 2 is 1.83 bits per heavy atom. The number of amides is 1. The van der Waals surface area contributed by atoms with Crippen molar-refractivity contribution >= 4 is 52.1 Å². The fourth-order valence-corrected chi connectivity index (χ4v) is 4.32. The Hall–Kier alpha value is -1.04. The van der Waals surface area contributed by atoms with Gasteiger partial charge in [0.05, 0.1) is 5.69 Å². The third-order valence-corrected chi connectivity index (χ3v) is 6.20. The number of hydrogen-bond donors (Lipinski definition) is 2. The molecule has 2 atom stereocenters. The molecule has 2 fully saturated rings. The summed E-state index contributed by atoms with van der Waals surface area (Å²) in [5, 5.41) is 4.50. The number of hydrazone groups is 1. The summed E-state index contributed by atoms with van der Waals surface area (Å²) in [6.45, 7) is 0. The van der Waals surface area contributed by atoms with Crippen molar-refractivity contribution in [2.24, 2.45) is 16.9 Å². The number of carbonyl (C=O) groups is 1. The fraction of sp³-hybridized carbons (Fsp3) is 0.562. The van der Waals surface area contributed by atoms with Crippen LogP contribution in [0.5, 0.6) is 0 Å². The molecule has 0 radical (unpaired) electrons. The van der Waals surface area contributed by atoms with Crippen molar-refractivity contribution < 1.29 is 9.78 Å². The third-order valence-electron chi connectivity index (χ3n) is 5.03. The molecule has 0 aromatic carbocycles. The maximum absolute atomic E-state index is 12.3. The van der Waals surface area contributed by atoms with E-state index in [1.807, 2.05) is 0 Å². The number of nitrogen functional groups attached to an aromatic ring is 1. The molecule has 4 N–H and O–H groups in total. The standard InChI is InChI=1S/C16H19Cl3N4O/c17-11-13(20)12(18)15(19)21-14(11)16(24)23-22-10-6-5-8-3-1-2-4-9(8)7-10/h8-9H,1-7H2,(H2,20,21)(H,23,24)/p+1/b22-10-/t8-,9-/m1/s1. The number of H-pyrrole nitrogens is 1. The molecule has 24 heavy (non-hydrogen) atoms. The summed E-state index contributed by atoms with van der Waals surface area (Å²) in [5.41, 5.74) is 9.47. The molecule has 0 unspecified atom stereocenters. The summed E-state index contributed by atoms with van der Waals surface area (Å²) in [6, 6.07) is 0. The highest BCUT2D eigenvalue weighted by atomic mass is 35.5. The van der Waals surface area contributed by atoms with Crippen molar-refractivity contribution in [1.29, 1.82) is 0 Å². The molecule has 1 aromatic rings. The van der Waals surface area contributed by atoms with Gasteiger partial charge in [-0.25, -0.2) is 5.43 Å². The summed E-state index contributed by atoms with van der Waals surface area (Å²) in [6.07, 6.45) is 8.30. The van der Waals surface area contributed by atoms with E-state index in [1.165, 1.54) is 25.7 Å². The van der Waals surface area contributed by atoms with Gasteiger partial charge in [0.1, 0.15) is 10.0 Å². The van der Waals surface area contributed by atoms with Gasteiger partial charge in [-0.1, -0.05) is 42.5 Å². The molecule has 0 aliphatic heterocycles. The monoisotopic (exact) mass is 389 g/mol. The van der Waals surface area contributed by atoms with E-state index in [0.29, 0.717) is 5.92 Å². The lowest BCUT2D eigenvalue weighted by Crippen LogP contribution is -2.32. The van der Waals surface area contributed by atoms with Crippen molar-refractivity contribution in [2.75, 3.05) is 5.73 Å². The first-order chi connectivity index (χ1) is 11.5. The van der Waals surface area contributed by atoms with Crippen molar-refractivity contribution in [2.45, 2.75) is 44.9 Å². The van der Waals surface area contributed by atoms with Gasteiger partial charge in [0, 0.05) is 5.71 Å². The van der Waals surface area contributed by atoms with E-state index < -0.39 is 5.91 Å². The van der Waals surface area contributed by atoms with Crippen molar-refractivity contribution in [3.63, 3.8) is 0 Å². The lowest BCUT2D eigenvalue weighted by Gasteiger charge is -2.35. The van der Waals surface area contributed by atoms with Gasteiger partial charge in [0.25, 0.3) is 10.8 Å². The number of fused-ring (bicyclic) bond motifs is 1. The van der Waals surface area contributed by atoms with Crippen LogP contribution in [0.3, 0.4) is 0 Å². The number of hydrogen-bond acceptors (Lipinski definition) is 3. The minimum Gasteiger partial charge on any atom is -0.396 e. The molecular weight excluding hydrogens is 371 g/mol. The molecule has 130 valence electrons. The fourth-order valence-electron chi connectivity index (χ4n) is 3.70. The summed E-state index contributed by atoms with van der Waals surface area (Å²) in [7, 11) is 0. The zero-order chi connectivity index (χ0) is 17.3. The van der Waals surface area contributed by atoms with Crippen LogP contribution in [0.4, 0.5) is 5.69 Å². The first-order valence-electron chi connectivity index (χ1n) is 8.18. The van der Waals surface area contributed by atoms with Crippen LogP contribution in [-0.4, -0.2) is 11.6 Å². The van der Waals surface area contributed by atoms with E-state index in [2.05, 4.69) is 15.5 Å². The zero-order valence-electron chi connectivity index (χ0n) is 13.2. The van der Waals surface area contributed by atoms with Gasteiger partial charge >= 0.3 is 5.91 Å². The average molecular weight is 391 g/mol. The van der Waals surface area contributed by atoms with Crippen molar-refractivity contribution in [3.05, 3.63) is 20.9 Å². The Morgan fingerprint density at radius 1 is 1.12 bits per heavy atom. The Morgan fingerprint density at radius 3 is 2.58 bits per heavy atom. The lowest BCUT2D eigenvalue weighted by atomic mass is 9.70. The Labute approximate surface area is 155 Å². The summed E-state index contributed by atoms with van der Waals surface area (Å²) >= 11 is 17.9. The Bertz CT molecular complexity index is 692. The highest BCUT2D eigenvalue weighted by Gasteiger charge is 2.31. The van der Waals surface area contributed by atoms with Crippen LogP contribution in [0.2, 0.25) is 15.2 Å². The number of nitrogens with one attached hydrogen (secondary N) is 2. The van der Waals surface area contributed by atoms with Crippen molar-refractivity contribution in [1.82, 2.24) is 5.43 Å². The van der Waals surface area contributed by atoms with E-state index >= 15 is 0 Å². The maximum atomic E-state index is 12.3. The Kier molecular flexibility index (Phi) is 5.52. The van der Waals surface area contributed by atoms with Crippen LogP contribution in [0.15, 0.2) is 5.10 Å². The van der Waals surface area contributed by atoms with Crippen LogP contribution in [0.25, 0.3) is 0 Å². The predicted octanol–water partition coefficient (Wildman–Crippen LogP) is 4.12. The number of aromatic nitrogens is 1. The minimum atomic E-state index is -0.483. The van der Waals surface area contributed by atoms with E-state index in [4.69, 9.17) is 40.5 Å². The number of rotatable bonds is 2. The molecule has 2 saturated carbocycles. The van der Waals surface area contributed by atoms with Gasteiger partial charge in [0.2, 0.25) is 0 Å². The number of aromatic amines is 1. The van der Waals surface area contributed by atoms with E-state index in [9.17, 15) is 4.79 Å². The third kappa shape index (κ3) is 3.63. The highest BCUT2D eigenvalue weighted by molar-refractivity contribution is 6.45. The number of pyridine rings is 1. The molecule has 5 nitrogen and oxygen atoms in total. The van der Waals surface area contributed by atoms with Gasteiger partial charge in [-0.15, -0.1) is 0 Å². The van der Waals surface area contributed by atoms with Gasteiger partial charge in [0.15, 0.2) is 0 Å². The topological polar surface area (TPSA) is 81.6 Å². The van der Waals surface area contributed by atoms with Crippen LogP contribution in [0.1, 0.15) is 55.4 Å². The minimum absolute atomic E-state index is 0.0399. The second-order valence-corrected chi connectivity index (χ2v) is 7.66. The molecule has 2 aliphatic carbocycles. The molecular formula is C16H20Cl3N4O+. The van der Waals surface area contributed by atoms with Crippen LogP contribution < -0.4 is 16.1 Å². The second-order valence-electron chi connectivity index (χ2n) is 6.52. The SMILES string of the molecule is Nc1c(Cl)c(Cl)[nH+]c(C(=O)N/N=C2/CC[C@H]3CCCC[C@@H]3C2)c1Cl. The summed E-state index contributed by atoms with van der Waals surface area (Å²) < 4.78 is 0. The molecule has 0 bridgehead atoms. The van der Waals surface area contributed by atoms with Gasteiger partial charge in [-0.05, 0) is 49.1 Å². The van der Waals surface area contributed by atoms with Gasteiger partial charge < -0.3 is 5.73 Å². The van der Waals surface area contributed by atoms with E-state index in [-0.39, 0.29) is 26.6 Å². The van der Waals surface area contributed by atoms with Crippen LogP contribution >= 0.6 is 34.8 Å². The molecule has 8 heteroatoms. The predicted molar refractivity (Wildman–Crippen MR) is 96.6 cm³/mol. The normalized spacial score (nSPS) is 25.4. The Balaban J connectivity index is 1.69. The van der Waals surface area contributed by atoms with Crippen molar-refractivity contribution in [3.8, 4) is 0 Å². The largest absolute Gasteiger partial charge is 0.396 e. The smallest absolute Gasteiger partial charge is 0.337 e. The first kappa shape index (κ1) is 17.8. The first-order valence-corrected chi connectivity index (χ1v) is 9.31. The highest BCUT2D eigenvalue weighted by Crippen LogP contribution is 2.39. The number of nitrogens with two attached hydrogens (primary N) is 1. The van der Waals surface area contributed by atoms with Gasteiger partial charge in [-0.2, -0.15) is 10.1 Å². The number of nitrogens with zero attached hydrogens (tertiary/aromatic N) is 1. The summed E-state index contributed by atoms with van der Waals surface area (Å²) in [4.78, 5) is 15.0. The lowest BCUT2D eigenvalue weighted by molar-refractivity contribution is -0.379. The molecule has 1 aromatic heterocycles. The number of carbonyl (C=O) groups excluding carboxylic acids is 1. The van der Waals surface area contributed by atoms with Crippen LogP contribution in [-0.2, 0) is 0 Å². The maximum Gasteiger partial charge on any atom is 0.337 e. The van der Waals surface area contributed by atoms with Crippen LogP contribution in [0, 0.1) is 11.8 Å². The second kappa shape index (κ2) is 7.46. The van der Waals surface area contributed by atoms with E-state index in [1.54, 1.807) is 0 Å². The average Bonchev–Trinajstić information content (AvgIpc) is 2.60. The molecule has 1 heterocycles. The molecule has 2 aliphatic rings. The quantitative estimate of drug-likeness (QED) is 0.588. The number of anilines is 1.